The van der Waals surface area contributed by atoms with Crippen molar-refractivity contribution in [3.05, 3.63) is 28.7 Å². The van der Waals surface area contributed by atoms with Crippen LogP contribution in [0.15, 0.2) is 33.6 Å². The zero-order valence-electron chi connectivity index (χ0n) is 8.85. The Labute approximate surface area is 104 Å². The summed E-state index contributed by atoms with van der Waals surface area (Å²) in [6.45, 7) is 0.655. The van der Waals surface area contributed by atoms with Crippen molar-refractivity contribution in [3.63, 3.8) is 0 Å². The lowest BCUT2D eigenvalue weighted by Gasteiger charge is -2.05. The number of benzene rings is 1. The van der Waals surface area contributed by atoms with Gasteiger partial charge in [-0.25, -0.2) is 8.42 Å². The summed E-state index contributed by atoms with van der Waals surface area (Å²) in [5.41, 5.74) is 0. The van der Waals surface area contributed by atoms with Crippen molar-refractivity contribution < 1.29 is 17.9 Å². The summed E-state index contributed by atoms with van der Waals surface area (Å²) in [4.78, 5) is 0.258. The van der Waals surface area contributed by atoms with E-state index in [9.17, 15) is 8.42 Å². The molecule has 0 amide bonds. The van der Waals surface area contributed by atoms with Gasteiger partial charge in [-0.05, 0) is 24.3 Å². The fourth-order valence-corrected chi connectivity index (χ4v) is 2.31. The molecule has 1 rings (SSSR count). The molecule has 0 saturated heterocycles. The van der Waals surface area contributed by atoms with E-state index in [-0.39, 0.29) is 17.4 Å². The van der Waals surface area contributed by atoms with Crippen LogP contribution in [0.1, 0.15) is 0 Å². The van der Waals surface area contributed by atoms with Crippen LogP contribution in [0, 0.1) is 0 Å². The molecule has 0 N–H and O–H groups in total. The van der Waals surface area contributed by atoms with Gasteiger partial charge in [0, 0.05) is 11.6 Å². The first-order valence-corrected chi connectivity index (χ1v) is 7.06. The molecule has 0 aromatic heterocycles. The monoisotopic (exact) mass is 308 g/mol. The van der Waals surface area contributed by atoms with Crippen LogP contribution in [0.4, 0.5) is 0 Å². The van der Waals surface area contributed by atoms with Crippen LogP contribution in [0.5, 0.6) is 0 Å². The Morgan fingerprint density at radius 1 is 1.19 bits per heavy atom. The largest absolute Gasteiger partial charge is 0.382 e. The number of methoxy groups -OCH3 is 1. The Kier molecular flexibility index (Phi) is 5.40. The average molecular weight is 309 g/mol. The molecular formula is C10H13BrO4S. The van der Waals surface area contributed by atoms with Crippen molar-refractivity contribution in [3.8, 4) is 0 Å². The average Bonchev–Trinajstić information content (AvgIpc) is 2.25. The van der Waals surface area contributed by atoms with Crippen LogP contribution in [-0.4, -0.2) is 34.7 Å². The van der Waals surface area contributed by atoms with Crippen LogP contribution in [0.2, 0.25) is 0 Å². The van der Waals surface area contributed by atoms with Gasteiger partial charge in [-0.1, -0.05) is 15.9 Å². The Morgan fingerprint density at radius 2 is 1.81 bits per heavy atom. The second-order valence-corrected chi connectivity index (χ2v) is 5.94. The van der Waals surface area contributed by atoms with E-state index in [0.29, 0.717) is 6.61 Å². The van der Waals surface area contributed by atoms with E-state index >= 15 is 0 Å². The number of ether oxygens (including phenoxy) is 2. The Morgan fingerprint density at radius 3 is 2.38 bits per heavy atom. The highest BCUT2D eigenvalue weighted by Gasteiger charge is 2.13. The highest BCUT2D eigenvalue weighted by Crippen LogP contribution is 2.15. The topological polar surface area (TPSA) is 52.6 Å². The number of hydrogen-bond acceptors (Lipinski definition) is 4. The van der Waals surface area contributed by atoms with Gasteiger partial charge in [0.05, 0.1) is 18.1 Å². The lowest BCUT2D eigenvalue weighted by molar-refractivity contribution is 0.0928. The first-order chi connectivity index (χ1) is 7.56. The van der Waals surface area contributed by atoms with Gasteiger partial charge in [0.25, 0.3) is 0 Å². The third-order valence-corrected chi connectivity index (χ3v) is 3.84. The number of halogens is 1. The predicted molar refractivity (Wildman–Crippen MR) is 64.0 cm³/mol. The quantitative estimate of drug-likeness (QED) is 0.753. The van der Waals surface area contributed by atoms with E-state index in [0.717, 1.165) is 4.47 Å². The van der Waals surface area contributed by atoms with Crippen molar-refractivity contribution in [2.75, 3.05) is 26.3 Å². The fourth-order valence-electron chi connectivity index (χ4n) is 1.02. The maximum absolute atomic E-state index is 11.7. The molecule has 0 radical (unpaired) electrons. The normalized spacial score (nSPS) is 11.6. The minimum absolute atomic E-state index is 0.258. The van der Waals surface area contributed by atoms with Crippen molar-refractivity contribution in [1.82, 2.24) is 0 Å². The lowest BCUT2D eigenvalue weighted by atomic mass is 10.4. The minimum atomic E-state index is -3.36. The summed E-state index contributed by atoms with van der Waals surface area (Å²) in [5, 5.41) is 0. The molecule has 0 unspecified atom stereocenters. The van der Waals surface area contributed by atoms with Crippen molar-refractivity contribution >= 4 is 25.8 Å². The summed E-state index contributed by atoms with van der Waals surface area (Å²) >= 11 is 3.24. The zero-order chi connectivity index (χ0) is 12.0. The molecule has 1 aromatic carbocycles. The summed E-state index contributed by atoms with van der Waals surface area (Å²) in [6.07, 6.45) is 0. The Hall–Kier alpha value is -0.430. The zero-order valence-corrected chi connectivity index (χ0v) is 11.3. The Bertz CT molecular complexity index is 413. The molecule has 0 heterocycles. The molecule has 0 bridgehead atoms. The number of rotatable bonds is 6. The molecule has 0 spiro atoms. The van der Waals surface area contributed by atoms with Crippen molar-refractivity contribution in [2.24, 2.45) is 0 Å². The highest BCUT2D eigenvalue weighted by atomic mass is 79.9. The van der Waals surface area contributed by atoms with Crippen LogP contribution >= 0.6 is 15.9 Å². The molecule has 0 aliphatic rings. The molecule has 0 saturated carbocycles. The van der Waals surface area contributed by atoms with Gasteiger partial charge >= 0.3 is 0 Å². The van der Waals surface area contributed by atoms with Gasteiger partial charge in [0.1, 0.15) is 0 Å². The maximum Gasteiger partial charge on any atom is 0.202 e. The van der Waals surface area contributed by atoms with E-state index in [4.69, 9.17) is 9.47 Å². The van der Waals surface area contributed by atoms with E-state index < -0.39 is 9.84 Å². The molecule has 0 fully saturated rings. The molecule has 90 valence electrons. The van der Waals surface area contributed by atoms with Gasteiger partial charge < -0.3 is 9.47 Å². The summed E-state index contributed by atoms with van der Waals surface area (Å²) in [5.74, 6) is -0.321. The van der Waals surface area contributed by atoms with E-state index in [1.165, 1.54) is 7.11 Å². The first kappa shape index (κ1) is 13.6. The second-order valence-electron chi connectivity index (χ2n) is 3.09. The first-order valence-electron chi connectivity index (χ1n) is 4.61. The van der Waals surface area contributed by atoms with Crippen LogP contribution in [0.3, 0.4) is 0 Å². The predicted octanol–water partition coefficient (Wildman–Crippen LogP) is 1.84. The van der Waals surface area contributed by atoms with Crippen LogP contribution < -0.4 is 0 Å². The number of hydrogen-bond donors (Lipinski definition) is 0. The second kappa shape index (κ2) is 6.34. The van der Waals surface area contributed by atoms with E-state index in [2.05, 4.69) is 15.9 Å². The molecule has 0 aliphatic carbocycles. The summed E-state index contributed by atoms with van der Waals surface area (Å²) in [6, 6.07) is 6.45. The summed E-state index contributed by atoms with van der Waals surface area (Å²) < 4.78 is 34.0. The molecular weight excluding hydrogens is 296 g/mol. The van der Waals surface area contributed by atoms with Gasteiger partial charge in [0.15, 0.2) is 5.94 Å². The smallest absolute Gasteiger partial charge is 0.202 e. The SMILES string of the molecule is COCCOCS(=O)(=O)c1ccc(Br)cc1. The minimum Gasteiger partial charge on any atom is -0.382 e. The lowest BCUT2D eigenvalue weighted by Crippen LogP contribution is -2.12. The standard InChI is InChI=1S/C10H13BrO4S/c1-14-6-7-15-8-16(12,13)10-4-2-9(11)3-5-10/h2-5H,6-8H2,1H3. The fraction of sp³-hybridized carbons (Fsp3) is 0.400. The molecule has 0 atom stereocenters. The molecule has 4 nitrogen and oxygen atoms in total. The van der Waals surface area contributed by atoms with Gasteiger partial charge in [-0.3, -0.25) is 0 Å². The van der Waals surface area contributed by atoms with Crippen molar-refractivity contribution in [1.29, 1.82) is 0 Å². The third kappa shape index (κ3) is 4.21. The van der Waals surface area contributed by atoms with E-state index in [1.54, 1.807) is 24.3 Å². The maximum atomic E-state index is 11.7. The van der Waals surface area contributed by atoms with Gasteiger partial charge in [-0.15, -0.1) is 0 Å². The molecule has 1 aromatic rings. The van der Waals surface area contributed by atoms with Gasteiger partial charge in [-0.2, -0.15) is 0 Å². The third-order valence-electron chi connectivity index (χ3n) is 1.84. The van der Waals surface area contributed by atoms with Crippen molar-refractivity contribution in [2.45, 2.75) is 4.90 Å². The molecule has 0 aliphatic heterocycles. The van der Waals surface area contributed by atoms with E-state index in [1.807, 2.05) is 0 Å². The molecule has 6 heteroatoms. The van der Waals surface area contributed by atoms with Crippen LogP contribution in [-0.2, 0) is 19.3 Å². The van der Waals surface area contributed by atoms with Gasteiger partial charge in [0.2, 0.25) is 9.84 Å². The number of sulfone groups is 1. The summed E-state index contributed by atoms with van der Waals surface area (Å²) in [7, 11) is -1.82. The highest BCUT2D eigenvalue weighted by molar-refractivity contribution is 9.10. The Balaban J connectivity index is 2.60. The van der Waals surface area contributed by atoms with Crippen LogP contribution in [0.25, 0.3) is 0 Å². The molecule has 16 heavy (non-hydrogen) atoms.